The van der Waals surface area contributed by atoms with Gasteiger partial charge in [-0.3, -0.25) is 14.4 Å². The lowest BCUT2D eigenvalue weighted by Crippen LogP contribution is -2.61. The molecule has 0 heterocycles. The third-order valence-electron chi connectivity index (χ3n) is 9.93. The molecule has 6 heteroatoms. The molecule has 9 atom stereocenters. The predicted octanol–water partition coefficient (Wildman–Crippen LogP) is 5.03. The summed E-state index contributed by atoms with van der Waals surface area (Å²) in [4.78, 5) is 37.3. The fraction of sp³-hybridized carbons (Fsp3) is 0.815. The van der Waals surface area contributed by atoms with Gasteiger partial charge in [0.15, 0.2) is 5.78 Å². The van der Waals surface area contributed by atoms with E-state index in [-0.39, 0.29) is 51.6 Å². The number of allylic oxidation sites excluding steroid dienone is 1. The first-order valence-corrected chi connectivity index (χ1v) is 13.4. The average molecular weight is 524 g/mol. The molecule has 1 N–H and O–H groups in total. The van der Waals surface area contributed by atoms with Gasteiger partial charge in [-0.05, 0) is 75.2 Å². The molecule has 4 aliphatic carbocycles. The molecule has 0 bridgehead atoms. The molecule has 0 saturated heterocycles. The van der Waals surface area contributed by atoms with Crippen LogP contribution in [0.3, 0.4) is 0 Å². The molecule has 184 valence electrons. The van der Waals surface area contributed by atoms with E-state index < -0.39 is 12.1 Å². The topological polar surface area (TPSA) is 80.7 Å². The van der Waals surface area contributed by atoms with Gasteiger partial charge in [0.2, 0.25) is 0 Å². The van der Waals surface area contributed by atoms with E-state index in [9.17, 15) is 19.5 Å². The van der Waals surface area contributed by atoms with Gasteiger partial charge in [0, 0.05) is 28.0 Å². The Morgan fingerprint density at radius 1 is 1.21 bits per heavy atom. The van der Waals surface area contributed by atoms with E-state index in [0.29, 0.717) is 24.2 Å². The van der Waals surface area contributed by atoms with E-state index >= 15 is 0 Å². The maximum atomic E-state index is 12.9. The van der Waals surface area contributed by atoms with Crippen LogP contribution in [0.1, 0.15) is 79.6 Å². The van der Waals surface area contributed by atoms with E-state index in [1.165, 1.54) is 5.57 Å². The summed E-state index contributed by atoms with van der Waals surface area (Å²) in [7, 11) is 0. The van der Waals surface area contributed by atoms with Crippen molar-refractivity contribution in [1.29, 1.82) is 0 Å². The van der Waals surface area contributed by atoms with Crippen molar-refractivity contribution in [2.45, 2.75) is 90.0 Å². The summed E-state index contributed by atoms with van der Waals surface area (Å²) in [5.74, 6) is 1.04. The number of halogens is 1. The molecule has 33 heavy (non-hydrogen) atoms. The van der Waals surface area contributed by atoms with Gasteiger partial charge in [-0.1, -0.05) is 42.3 Å². The van der Waals surface area contributed by atoms with Crippen molar-refractivity contribution in [2.75, 3.05) is 6.61 Å². The van der Waals surface area contributed by atoms with E-state index in [2.05, 4.69) is 36.7 Å². The van der Waals surface area contributed by atoms with Crippen molar-refractivity contribution >= 4 is 33.5 Å². The minimum absolute atomic E-state index is 0.0123. The lowest BCUT2D eigenvalue weighted by molar-refractivity contribution is -0.148. The van der Waals surface area contributed by atoms with Crippen LogP contribution in [0.2, 0.25) is 0 Å². The van der Waals surface area contributed by atoms with Gasteiger partial charge in [0.25, 0.3) is 0 Å². The maximum Gasteiger partial charge on any atom is 0.308 e. The Hall–Kier alpha value is -1.01. The monoisotopic (exact) mass is 522 g/mol. The number of ketones is 2. The number of aliphatic hydroxyl groups is 1. The zero-order valence-corrected chi connectivity index (χ0v) is 22.2. The number of alkyl halides is 1. The Balaban J connectivity index is 1.65. The summed E-state index contributed by atoms with van der Waals surface area (Å²) in [5, 5.41) is 9.50. The van der Waals surface area contributed by atoms with E-state index in [1.807, 2.05) is 6.08 Å². The number of aliphatic hydroxyl groups excluding tert-OH is 1. The molecule has 1 unspecified atom stereocenters. The van der Waals surface area contributed by atoms with Crippen LogP contribution in [-0.2, 0) is 19.1 Å². The number of carbonyl (C=O) groups excluding carboxylic acids is 3. The minimum Gasteiger partial charge on any atom is -0.465 e. The summed E-state index contributed by atoms with van der Waals surface area (Å²) < 4.78 is 5.48. The molecule has 5 nitrogen and oxygen atoms in total. The highest BCUT2D eigenvalue weighted by Crippen LogP contribution is 2.72. The van der Waals surface area contributed by atoms with Crippen LogP contribution >= 0.6 is 15.9 Å². The molecule has 0 amide bonds. The summed E-state index contributed by atoms with van der Waals surface area (Å²) in [6.07, 6.45) is 6.49. The van der Waals surface area contributed by atoms with Gasteiger partial charge < -0.3 is 9.84 Å². The number of hydrogen-bond acceptors (Lipinski definition) is 5. The van der Waals surface area contributed by atoms with Gasteiger partial charge in [0.1, 0.15) is 5.78 Å². The number of hydrogen-bond donors (Lipinski definition) is 1. The number of rotatable bonds is 5. The Morgan fingerprint density at radius 2 is 1.91 bits per heavy atom. The highest BCUT2D eigenvalue weighted by molar-refractivity contribution is 9.10. The molecule has 3 fully saturated rings. The summed E-state index contributed by atoms with van der Waals surface area (Å²) in [5.41, 5.74) is 1.13. The fourth-order valence-electron chi connectivity index (χ4n) is 8.48. The van der Waals surface area contributed by atoms with Crippen molar-refractivity contribution < 1.29 is 24.2 Å². The Bertz CT molecular complexity index is 880. The van der Waals surface area contributed by atoms with Crippen molar-refractivity contribution in [3.63, 3.8) is 0 Å². The standard InChI is InChI=1S/C27H39BrO5/c1-15-10-22-21-12-18(14-33-23(32)11-16(2)29)24(17(3)30)25(21,4)8-9-27(22,28)26(5)7-6-19(31)13-20(15)26/h13,15-16,18,21-22,24,29H,6-12,14H2,1-5H3/t15-,16?,18+,21-,22-,24-,25-,26-,27+/m0/s1. The normalized spacial score (nSPS) is 45.4. The molecule has 0 aromatic carbocycles. The first-order valence-electron chi connectivity index (χ1n) is 12.6. The summed E-state index contributed by atoms with van der Waals surface area (Å²) >= 11 is 4.29. The Labute approximate surface area is 206 Å². The second kappa shape index (κ2) is 8.58. The van der Waals surface area contributed by atoms with Gasteiger partial charge in [0.05, 0.1) is 19.1 Å². The number of Topliss-reactive ketones (excluding diaryl/α,β-unsaturated/α-hetero) is 1. The van der Waals surface area contributed by atoms with Crippen LogP contribution in [0.5, 0.6) is 0 Å². The fourth-order valence-corrected chi connectivity index (χ4v) is 9.61. The Kier molecular flexibility index (Phi) is 6.53. The van der Waals surface area contributed by atoms with Crippen LogP contribution in [0, 0.1) is 40.4 Å². The van der Waals surface area contributed by atoms with E-state index in [0.717, 1.165) is 32.1 Å². The van der Waals surface area contributed by atoms with Gasteiger partial charge >= 0.3 is 5.97 Å². The first kappa shape index (κ1) is 25.1. The smallest absolute Gasteiger partial charge is 0.308 e. The van der Waals surface area contributed by atoms with Gasteiger partial charge in [-0.25, -0.2) is 0 Å². The zero-order chi connectivity index (χ0) is 24.3. The third kappa shape index (κ3) is 3.87. The molecule has 0 aromatic heterocycles. The van der Waals surface area contributed by atoms with Crippen molar-refractivity contribution in [3.05, 3.63) is 11.6 Å². The molecule has 0 aromatic rings. The average Bonchev–Trinajstić information content (AvgIpc) is 3.02. The lowest BCUT2D eigenvalue weighted by atomic mass is 9.45. The summed E-state index contributed by atoms with van der Waals surface area (Å²) in [6, 6.07) is 0. The van der Waals surface area contributed by atoms with Crippen molar-refractivity contribution in [2.24, 2.45) is 40.4 Å². The van der Waals surface area contributed by atoms with Crippen molar-refractivity contribution in [3.8, 4) is 0 Å². The van der Waals surface area contributed by atoms with Crippen LogP contribution in [-0.4, -0.2) is 39.7 Å². The van der Waals surface area contributed by atoms with Gasteiger partial charge in [-0.2, -0.15) is 0 Å². The largest absolute Gasteiger partial charge is 0.465 e. The summed E-state index contributed by atoms with van der Waals surface area (Å²) in [6.45, 7) is 10.4. The highest BCUT2D eigenvalue weighted by atomic mass is 79.9. The maximum absolute atomic E-state index is 12.9. The van der Waals surface area contributed by atoms with Crippen LogP contribution < -0.4 is 0 Å². The highest BCUT2D eigenvalue weighted by Gasteiger charge is 2.68. The molecule has 0 radical (unpaired) electrons. The SMILES string of the molecule is CC(=O)[C@H]1[C@@H](COC(=O)CC(C)O)C[C@H]2[C@@H]3C[C@H](C)C4=CC(=O)CC[C@]4(C)[C@@]3(Br)CC[C@@]21C. The van der Waals surface area contributed by atoms with Crippen LogP contribution in [0.25, 0.3) is 0 Å². The minimum atomic E-state index is -0.729. The molecule has 3 saturated carbocycles. The third-order valence-corrected chi connectivity index (χ3v) is 11.8. The molecule has 0 spiro atoms. The quantitative estimate of drug-likeness (QED) is 0.404. The number of esters is 1. The molecular weight excluding hydrogens is 484 g/mol. The Morgan fingerprint density at radius 3 is 2.55 bits per heavy atom. The van der Waals surface area contributed by atoms with E-state index in [4.69, 9.17) is 4.74 Å². The van der Waals surface area contributed by atoms with Crippen molar-refractivity contribution in [1.82, 2.24) is 0 Å². The molecule has 4 rings (SSSR count). The zero-order valence-electron chi connectivity index (χ0n) is 20.7. The predicted molar refractivity (Wildman–Crippen MR) is 130 cm³/mol. The van der Waals surface area contributed by atoms with Gasteiger partial charge in [-0.15, -0.1) is 0 Å². The molecular formula is C27H39BrO5. The molecule has 4 aliphatic rings. The number of carbonyl (C=O) groups is 3. The number of ether oxygens (including phenoxy) is 1. The van der Waals surface area contributed by atoms with Crippen LogP contribution in [0.15, 0.2) is 11.6 Å². The first-order chi connectivity index (χ1) is 15.3. The second-order valence-corrected chi connectivity index (χ2v) is 13.4. The number of fused-ring (bicyclic) bond motifs is 5. The lowest BCUT2D eigenvalue weighted by Gasteiger charge is -2.64. The molecule has 0 aliphatic heterocycles. The second-order valence-electron chi connectivity index (χ2n) is 11.9. The van der Waals surface area contributed by atoms with E-state index in [1.54, 1.807) is 13.8 Å². The van der Waals surface area contributed by atoms with Crippen LogP contribution in [0.4, 0.5) is 0 Å².